The van der Waals surface area contributed by atoms with E-state index in [0.717, 1.165) is 6.07 Å². The smallest absolute Gasteiger partial charge is 0.167 e. The van der Waals surface area contributed by atoms with Crippen molar-refractivity contribution in [3.63, 3.8) is 0 Å². The first-order valence-corrected chi connectivity index (χ1v) is 4.34. The minimum Gasteiger partial charge on any atom is -0.508 e. The molecule has 1 aromatic carbocycles. The summed E-state index contributed by atoms with van der Waals surface area (Å²) in [6, 6.07) is 2.29. The molecular weight excluding hydrogens is 196 g/mol. The van der Waals surface area contributed by atoms with E-state index in [-0.39, 0.29) is 28.8 Å². The first-order chi connectivity index (χ1) is 7.08. The summed E-state index contributed by atoms with van der Waals surface area (Å²) in [5.74, 6) is -0.909. The predicted octanol–water partition coefficient (Wildman–Crippen LogP) is 0.556. The van der Waals surface area contributed by atoms with Gasteiger partial charge in [-0.2, -0.15) is 0 Å². The van der Waals surface area contributed by atoms with Crippen molar-refractivity contribution in [1.29, 1.82) is 0 Å². The Morgan fingerprint density at radius 2 is 2.00 bits per heavy atom. The van der Waals surface area contributed by atoms with Crippen LogP contribution in [0.2, 0.25) is 0 Å². The van der Waals surface area contributed by atoms with Crippen molar-refractivity contribution in [2.24, 2.45) is 10.7 Å². The molecule has 0 bridgehead atoms. The molecular formula is C10H10N2O3. The van der Waals surface area contributed by atoms with Crippen LogP contribution in [0.3, 0.4) is 0 Å². The molecule has 0 amide bonds. The lowest BCUT2D eigenvalue weighted by Gasteiger charge is -2.07. The quantitative estimate of drug-likeness (QED) is 0.419. The summed E-state index contributed by atoms with van der Waals surface area (Å²) >= 11 is 0. The highest BCUT2D eigenvalue weighted by Gasteiger charge is 2.15. The van der Waals surface area contributed by atoms with Gasteiger partial charge < -0.3 is 21.1 Å². The topological polar surface area (TPSA) is 99.1 Å². The Kier molecular flexibility index (Phi) is 2.00. The van der Waals surface area contributed by atoms with Crippen molar-refractivity contribution in [3.8, 4) is 17.2 Å². The standard InChI is InChI=1S/C10H10N2O3/c11-8(1-5-4-12-5)7-2-6(13)3-9(14)10(7)15/h1-5,13-15H,11H2/b8-1+. The Hall–Kier alpha value is -2.17. The van der Waals surface area contributed by atoms with Gasteiger partial charge in [0.2, 0.25) is 0 Å². The fraction of sp³-hybridized carbons (Fsp3) is 0.100. The van der Waals surface area contributed by atoms with E-state index in [4.69, 9.17) is 5.73 Å². The summed E-state index contributed by atoms with van der Waals surface area (Å²) in [4.78, 5) is 3.85. The summed E-state index contributed by atoms with van der Waals surface area (Å²) in [5, 5.41) is 28.0. The molecule has 0 aliphatic carbocycles. The largest absolute Gasteiger partial charge is 0.508 e. The molecule has 0 fully saturated rings. The van der Waals surface area contributed by atoms with Gasteiger partial charge >= 0.3 is 0 Å². The first kappa shape index (κ1) is 9.39. The molecule has 2 rings (SSSR count). The van der Waals surface area contributed by atoms with Crippen LogP contribution < -0.4 is 5.73 Å². The highest BCUT2D eigenvalue weighted by molar-refractivity contribution is 5.84. The van der Waals surface area contributed by atoms with E-state index >= 15 is 0 Å². The number of nitrogens with two attached hydrogens (primary N) is 1. The second-order valence-corrected chi connectivity index (χ2v) is 3.27. The molecule has 1 aliphatic heterocycles. The molecule has 0 saturated carbocycles. The summed E-state index contributed by atoms with van der Waals surface area (Å²) in [7, 11) is 0. The number of rotatable bonds is 2. The van der Waals surface area contributed by atoms with Crippen molar-refractivity contribution in [1.82, 2.24) is 0 Å². The van der Waals surface area contributed by atoms with Crippen LogP contribution in [0.15, 0.2) is 23.2 Å². The Morgan fingerprint density at radius 3 is 2.60 bits per heavy atom. The SMILES string of the molecule is N/C(=C/C1C=N1)c1cc(O)cc(O)c1O. The van der Waals surface area contributed by atoms with Crippen molar-refractivity contribution >= 4 is 11.9 Å². The zero-order valence-corrected chi connectivity index (χ0v) is 7.75. The molecule has 5 heteroatoms. The van der Waals surface area contributed by atoms with Gasteiger partial charge in [-0.1, -0.05) is 0 Å². The number of phenolic OH excluding ortho intramolecular Hbond substituents is 3. The number of nitrogens with zero attached hydrogens (tertiary/aromatic N) is 1. The van der Waals surface area contributed by atoms with Crippen molar-refractivity contribution in [3.05, 3.63) is 23.8 Å². The van der Waals surface area contributed by atoms with E-state index in [1.165, 1.54) is 6.07 Å². The van der Waals surface area contributed by atoms with Gasteiger partial charge in [-0.3, -0.25) is 4.99 Å². The molecule has 78 valence electrons. The second kappa shape index (κ2) is 3.20. The lowest BCUT2D eigenvalue weighted by Crippen LogP contribution is -1.99. The van der Waals surface area contributed by atoms with E-state index in [0.29, 0.717) is 0 Å². The number of benzene rings is 1. The lowest BCUT2D eigenvalue weighted by molar-refractivity contribution is 0.395. The second-order valence-electron chi connectivity index (χ2n) is 3.27. The summed E-state index contributed by atoms with van der Waals surface area (Å²) < 4.78 is 0. The monoisotopic (exact) mass is 206 g/mol. The maximum atomic E-state index is 9.50. The van der Waals surface area contributed by atoms with Crippen molar-refractivity contribution in [2.75, 3.05) is 0 Å². The summed E-state index contributed by atoms with van der Waals surface area (Å²) in [6.07, 6.45) is 3.31. The van der Waals surface area contributed by atoms with Gasteiger partial charge in [0.25, 0.3) is 0 Å². The van der Waals surface area contributed by atoms with Crippen LogP contribution in [0.4, 0.5) is 0 Å². The van der Waals surface area contributed by atoms with Gasteiger partial charge in [0.1, 0.15) is 11.8 Å². The number of hydrogen-bond acceptors (Lipinski definition) is 5. The molecule has 5 N–H and O–H groups in total. The third-order valence-corrected chi connectivity index (χ3v) is 2.06. The molecule has 5 nitrogen and oxygen atoms in total. The zero-order chi connectivity index (χ0) is 11.0. The minimum absolute atomic E-state index is 0.0334. The zero-order valence-electron chi connectivity index (χ0n) is 7.75. The van der Waals surface area contributed by atoms with E-state index in [1.807, 2.05) is 0 Å². The van der Waals surface area contributed by atoms with Gasteiger partial charge in [0, 0.05) is 23.5 Å². The van der Waals surface area contributed by atoms with Crippen LogP contribution in [0.5, 0.6) is 17.2 Å². The molecule has 0 spiro atoms. The van der Waals surface area contributed by atoms with Crippen LogP contribution in [0.1, 0.15) is 5.56 Å². The van der Waals surface area contributed by atoms with Crippen LogP contribution in [0.25, 0.3) is 5.70 Å². The maximum Gasteiger partial charge on any atom is 0.167 e. The van der Waals surface area contributed by atoms with Crippen molar-refractivity contribution < 1.29 is 15.3 Å². The van der Waals surface area contributed by atoms with Crippen LogP contribution >= 0.6 is 0 Å². The molecule has 1 aromatic rings. The van der Waals surface area contributed by atoms with Crippen LogP contribution in [0, 0.1) is 0 Å². The van der Waals surface area contributed by atoms with Gasteiger partial charge in [-0.05, 0) is 12.1 Å². The number of aromatic hydroxyl groups is 3. The third kappa shape index (κ3) is 1.85. The van der Waals surface area contributed by atoms with Gasteiger partial charge in [0.05, 0.1) is 0 Å². The highest BCUT2D eigenvalue weighted by atomic mass is 16.3. The van der Waals surface area contributed by atoms with E-state index in [2.05, 4.69) is 4.99 Å². The van der Waals surface area contributed by atoms with Crippen LogP contribution in [-0.2, 0) is 0 Å². The van der Waals surface area contributed by atoms with Gasteiger partial charge in [0.15, 0.2) is 11.5 Å². The van der Waals surface area contributed by atoms with E-state index < -0.39 is 5.75 Å². The van der Waals surface area contributed by atoms with Crippen LogP contribution in [-0.4, -0.2) is 27.6 Å². The maximum absolute atomic E-state index is 9.50. The summed E-state index contributed by atoms with van der Waals surface area (Å²) in [6.45, 7) is 0. The average molecular weight is 206 g/mol. The fourth-order valence-corrected chi connectivity index (χ4v) is 1.23. The van der Waals surface area contributed by atoms with Gasteiger partial charge in [-0.15, -0.1) is 0 Å². The Morgan fingerprint density at radius 1 is 1.33 bits per heavy atom. The molecule has 0 aromatic heterocycles. The lowest BCUT2D eigenvalue weighted by atomic mass is 10.1. The molecule has 1 unspecified atom stereocenters. The molecule has 1 heterocycles. The van der Waals surface area contributed by atoms with E-state index in [1.54, 1.807) is 12.3 Å². The average Bonchev–Trinajstić information content (AvgIpc) is 2.94. The first-order valence-electron chi connectivity index (χ1n) is 4.34. The number of aliphatic imine (C=N–C) groups is 1. The molecule has 15 heavy (non-hydrogen) atoms. The Labute approximate surface area is 85.8 Å². The van der Waals surface area contributed by atoms with E-state index in [9.17, 15) is 15.3 Å². The van der Waals surface area contributed by atoms with Gasteiger partial charge in [-0.25, -0.2) is 0 Å². The van der Waals surface area contributed by atoms with Crippen molar-refractivity contribution in [2.45, 2.75) is 6.04 Å². The Bertz CT molecular complexity index is 460. The predicted molar refractivity (Wildman–Crippen MR) is 55.9 cm³/mol. The Balaban J connectivity index is 2.41. The molecule has 0 radical (unpaired) electrons. The molecule has 0 saturated heterocycles. The highest BCUT2D eigenvalue weighted by Crippen LogP contribution is 2.35. The number of phenols is 3. The minimum atomic E-state index is -0.405. The molecule has 1 atom stereocenters. The molecule has 1 aliphatic rings. The summed E-state index contributed by atoms with van der Waals surface area (Å²) in [5.41, 5.74) is 6.14. The fourth-order valence-electron chi connectivity index (χ4n) is 1.23. The normalized spacial score (nSPS) is 19.2. The third-order valence-electron chi connectivity index (χ3n) is 2.06. The number of hydrogen-bond donors (Lipinski definition) is 4.